The Balaban J connectivity index is 0.000000653. The van der Waals surface area contributed by atoms with Crippen molar-refractivity contribution in [1.29, 1.82) is 0 Å². The average Bonchev–Trinajstić information content (AvgIpc) is 2.71. The molecule has 1 aromatic heterocycles. The second kappa shape index (κ2) is 2.74. The molecule has 4 nitrogen and oxygen atoms in total. The Bertz CT molecular complexity index is 498. The number of aromatic amines is 1. The Kier molecular flexibility index (Phi) is 1.70. The molecule has 0 aromatic carbocycles. The van der Waals surface area contributed by atoms with E-state index in [1.165, 1.54) is 0 Å². The molecule has 1 N–H and O–H groups in total. The first-order chi connectivity index (χ1) is 5.95. The van der Waals surface area contributed by atoms with Gasteiger partial charge in [0.1, 0.15) is 6.33 Å². The van der Waals surface area contributed by atoms with Crippen molar-refractivity contribution in [1.82, 2.24) is 19.6 Å². The minimum absolute atomic E-state index is 0. The minimum Gasteiger partial charge on any atom is -0.282 e. The van der Waals surface area contributed by atoms with Crippen LogP contribution in [0.2, 0.25) is 0 Å². The summed E-state index contributed by atoms with van der Waals surface area (Å²) in [4.78, 5) is 8.25. The summed E-state index contributed by atoms with van der Waals surface area (Å²) in [6.07, 6.45) is 7.27. The van der Waals surface area contributed by atoms with Crippen LogP contribution < -0.4 is 0 Å². The summed E-state index contributed by atoms with van der Waals surface area (Å²) >= 11 is 0. The van der Waals surface area contributed by atoms with E-state index >= 15 is 0 Å². The van der Waals surface area contributed by atoms with Crippen molar-refractivity contribution >= 4 is 18.1 Å². The van der Waals surface area contributed by atoms with Gasteiger partial charge in [0.2, 0.25) is 0 Å². The lowest BCUT2D eigenvalue weighted by Crippen LogP contribution is -1.88. The number of halogens is 1. The van der Waals surface area contributed by atoms with Gasteiger partial charge in [0.05, 0.1) is 0 Å². The van der Waals surface area contributed by atoms with Crippen LogP contribution in [0.3, 0.4) is 0 Å². The molecule has 0 saturated carbocycles. The molecule has 3 rings (SSSR count). The normalized spacial score (nSPS) is 10.5. The molecule has 2 aliphatic rings. The highest BCUT2D eigenvalue weighted by Gasteiger charge is 2.07. The van der Waals surface area contributed by atoms with Crippen LogP contribution >= 0.6 is 12.4 Å². The van der Waals surface area contributed by atoms with Crippen molar-refractivity contribution < 1.29 is 0 Å². The van der Waals surface area contributed by atoms with Crippen LogP contribution in [0.5, 0.6) is 0 Å². The summed E-state index contributed by atoms with van der Waals surface area (Å²) in [5, 5.41) is 2.98. The first-order valence-electron chi connectivity index (χ1n) is 3.69. The molecule has 1 aromatic rings. The van der Waals surface area contributed by atoms with E-state index in [-0.39, 0.29) is 12.4 Å². The minimum atomic E-state index is 0. The predicted octanol–water partition coefficient (Wildman–Crippen LogP) is 1.58. The van der Waals surface area contributed by atoms with E-state index in [0.717, 1.165) is 16.8 Å². The second-order valence-electron chi connectivity index (χ2n) is 2.67. The Morgan fingerprint density at radius 1 is 1.31 bits per heavy atom. The molecule has 0 radical (unpaired) electrons. The molecule has 0 bridgehead atoms. The van der Waals surface area contributed by atoms with Gasteiger partial charge in [-0.05, 0) is 6.07 Å². The lowest BCUT2D eigenvalue weighted by Gasteiger charge is -1.97. The number of nitrogens with zero attached hydrogens (tertiary/aromatic N) is 3. The number of hydrogen-bond donors (Lipinski definition) is 1. The van der Waals surface area contributed by atoms with Crippen molar-refractivity contribution in [2.45, 2.75) is 0 Å². The molecule has 66 valence electrons. The molecule has 0 saturated heterocycles. The molecular weight excluding hydrogens is 188 g/mol. The molecule has 0 aliphatic carbocycles. The van der Waals surface area contributed by atoms with E-state index < -0.39 is 0 Å². The van der Waals surface area contributed by atoms with Crippen molar-refractivity contribution in [2.75, 3.05) is 0 Å². The first-order valence-corrected chi connectivity index (χ1v) is 3.69. The number of hydrogen-bond acceptors (Lipinski definition) is 2. The summed E-state index contributed by atoms with van der Waals surface area (Å²) < 4.78 is 1.87. The number of nitrogens with one attached hydrogen (secondary N) is 1. The summed E-state index contributed by atoms with van der Waals surface area (Å²) in [7, 11) is 0. The summed E-state index contributed by atoms with van der Waals surface area (Å²) in [6.45, 7) is 0. The molecule has 0 unspecified atom stereocenters. The summed E-state index contributed by atoms with van der Waals surface area (Å²) in [6, 6.07) is 2.01. The monoisotopic (exact) mass is 194 g/mol. The van der Waals surface area contributed by atoms with Gasteiger partial charge in [-0.3, -0.25) is 10.1 Å². The summed E-state index contributed by atoms with van der Waals surface area (Å²) in [5.41, 5.74) is 3.13. The molecule has 2 aliphatic heterocycles. The number of H-pyrrole nitrogens is 1. The fourth-order valence-electron chi connectivity index (χ4n) is 1.40. The van der Waals surface area contributed by atoms with E-state index in [0.29, 0.717) is 0 Å². The van der Waals surface area contributed by atoms with Gasteiger partial charge >= 0.3 is 0 Å². The first kappa shape index (κ1) is 8.07. The molecule has 0 fully saturated rings. The van der Waals surface area contributed by atoms with Crippen LogP contribution in [0.25, 0.3) is 16.8 Å². The lowest BCUT2D eigenvalue weighted by molar-refractivity contribution is 0.962. The topological polar surface area (TPSA) is 46.0 Å². The van der Waals surface area contributed by atoms with Gasteiger partial charge in [-0.15, -0.1) is 12.4 Å². The van der Waals surface area contributed by atoms with Crippen LogP contribution in [-0.4, -0.2) is 19.6 Å². The summed E-state index contributed by atoms with van der Waals surface area (Å²) in [5.74, 6) is 0. The Morgan fingerprint density at radius 3 is 3.15 bits per heavy atom. The highest BCUT2D eigenvalue weighted by atomic mass is 35.5. The number of rotatable bonds is 0. The van der Waals surface area contributed by atoms with Gasteiger partial charge < -0.3 is 0 Å². The maximum atomic E-state index is 4.19. The molecule has 0 spiro atoms. The van der Waals surface area contributed by atoms with Gasteiger partial charge in [-0.1, -0.05) is 0 Å². The van der Waals surface area contributed by atoms with Crippen molar-refractivity contribution in [3.63, 3.8) is 0 Å². The third-order valence-corrected chi connectivity index (χ3v) is 1.98. The quantitative estimate of drug-likeness (QED) is 0.591. The smallest absolute Gasteiger partial charge is 0.162 e. The fourth-order valence-corrected chi connectivity index (χ4v) is 1.40. The number of fused-ring (bicyclic) bond motifs is 3. The maximum absolute atomic E-state index is 4.19. The van der Waals surface area contributed by atoms with Crippen LogP contribution in [0.15, 0.2) is 31.0 Å². The Labute approximate surface area is 80.4 Å². The van der Waals surface area contributed by atoms with Crippen LogP contribution in [0.4, 0.5) is 0 Å². The largest absolute Gasteiger partial charge is 0.282 e. The fraction of sp³-hybridized carbons (Fsp3) is 0. The molecule has 0 amide bonds. The third-order valence-electron chi connectivity index (χ3n) is 1.98. The van der Waals surface area contributed by atoms with Crippen molar-refractivity contribution in [2.24, 2.45) is 0 Å². The van der Waals surface area contributed by atoms with E-state index in [1.807, 2.05) is 29.2 Å². The highest BCUT2D eigenvalue weighted by Crippen LogP contribution is 2.23. The van der Waals surface area contributed by atoms with Crippen molar-refractivity contribution in [3.8, 4) is 11.1 Å². The Morgan fingerprint density at radius 2 is 2.23 bits per heavy atom. The molecule has 13 heavy (non-hydrogen) atoms. The average molecular weight is 195 g/mol. The van der Waals surface area contributed by atoms with E-state index in [1.54, 1.807) is 6.33 Å². The standard InChI is InChI=1S/C8H6N4.ClH/c1-2-12-8(10-5-11-12)7-4-9-3-6(1)7;/h1-5H,(H,10,11);1H. The van der Waals surface area contributed by atoms with Gasteiger partial charge in [-0.25, -0.2) is 9.50 Å². The van der Waals surface area contributed by atoms with E-state index in [9.17, 15) is 0 Å². The number of aromatic nitrogens is 4. The van der Waals surface area contributed by atoms with Crippen LogP contribution in [-0.2, 0) is 0 Å². The predicted molar refractivity (Wildman–Crippen MR) is 51.2 cm³/mol. The molecule has 0 atom stereocenters. The molecule has 5 heteroatoms. The van der Waals surface area contributed by atoms with Crippen molar-refractivity contribution in [3.05, 3.63) is 31.0 Å². The van der Waals surface area contributed by atoms with Gasteiger partial charge in [0.25, 0.3) is 0 Å². The third kappa shape index (κ3) is 0.990. The van der Waals surface area contributed by atoms with E-state index in [4.69, 9.17) is 0 Å². The maximum Gasteiger partial charge on any atom is 0.162 e. The zero-order chi connectivity index (χ0) is 7.97. The van der Waals surface area contributed by atoms with Gasteiger partial charge in [0, 0.05) is 29.7 Å². The number of pyridine rings is 1. The van der Waals surface area contributed by atoms with Crippen LogP contribution in [0.1, 0.15) is 0 Å². The highest BCUT2D eigenvalue weighted by molar-refractivity contribution is 5.85. The lowest BCUT2D eigenvalue weighted by atomic mass is 10.2. The zero-order valence-electron chi connectivity index (χ0n) is 6.64. The van der Waals surface area contributed by atoms with E-state index in [2.05, 4.69) is 15.1 Å². The van der Waals surface area contributed by atoms with Gasteiger partial charge in [-0.2, -0.15) is 0 Å². The Hall–Kier alpha value is -1.55. The zero-order valence-corrected chi connectivity index (χ0v) is 7.45. The molecule has 3 heterocycles. The van der Waals surface area contributed by atoms with Gasteiger partial charge in [0.15, 0.2) is 5.65 Å². The molecular formula is C8H7ClN4. The van der Waals surface area contributed by atoms with Crippen LogP contribution in [0, 0.1) is 0 Å². The SMILES string of the molecule is Cl.c1nc2c3cncc-3ccn2[nH]1. The second-order valence-corrected chi connectivity index (χ2v) is 2.67.